The number of hydrogen-bond donors (Lipinski definition) is 1. The maximum atomic E-state index is 12.7. The van der Waals surface area contributed by atoms with Gasteiger partial charge in [0.2, 0.25) is 0 Å². The number of phenolic OH excluding ortho intramolecular Hbond substituents is 1. The zero-order chi connectivity index (χ0) is 18.4. The second-order valence-electron chi connectivity index (χ2n) is 5.95. The molecule has 3 aromatic rings. The molecule has 0 spiro atoms. The van der Waals surface area contributed by atoms with Gasteiger partial charge in [-0.05, 0) is 30.7 Å². The van der Waals surface area contributed by atoms with Crippen molar-refractivity contribution in [3.05, 3.63) is 57.7 Å². The second kappa shape index (κ2) is 6.56. The number of aromatic nitrogens is 1. The van der Waals surface area contributed by atoms with Crippen LogP contribution in [0, 0.1) is 6.92 Å². The van der Waals surface area contributed by atoms with Gasteiger partial charge in [-0.1, -0.05) is 41.4 Å². The van der Waals surface area contributed by atoms with Crippen LogP contribution in [0.4, 0.5) is 0 Å². The van der Waals surface area contributed by atoms with Gasteiger partial charge < -0.3 is 9.67 Å². The number of fused-ring (bicyclic) bond motifs is 1. The van der Waals surface area contributed by atoms with Crippen molar-refractivity contribution in [1.29, 1.82) is 0 Å². The Labute approximate surface area is 156 Å². The van der Waals surface area contributed by atoms with Crippen LogP contribution in [-0.2, 0) is 23.3 Å². The normalized spacial score (nSPS) is 12.0. The predicted octanol–water partition coefficient (Wildman–Crippen LogP) is 4.52. The average Bonchev–Trinajstić information content (AvgIpc) is 2.80. The summed E-state index contributed by atoms with van der Waals surface area (Å²) in [7, 11) is -1.82. The molecular weight excluding hydrogens is 381 g/mol. The second-order valence-corrected chi connectivity index (χ2v) is 8.87. The van der Waals surface area contributed by atoms with E-state index < -0.39 is 15.6 Å². The van der Waals surface area contributed by atoms with Gasteiger partial charge in [-0.3, -0.25) is 0 Å². The van der Waals surface area contributed by atoms with Crippen LogP contribution in [0.3, 0.4) is 0 Å². The lowest BCUT2D eigenvalue weighted by Crippen LogP contribution is -2.12. The molecule has 0 aliphatic heterocycles. The average molecular weight is 398 g/mol. The van der Waals surface area contributed by atoms with Gasteiger partial charge in [-0.25, -0.2) is 8.42 Å². The summed E-state index contributed by atoms with van der Waals surface area (Å²) in [6, 6.07) is 10.5. The summed E-state index contributed by atoms with van der Waals surface area (Å²) in [6.07, 6.45) is 0.322. The molecule has 0 aliphatic rings. The van der Waals surface area contributed by atoms with Crippen molar-refractivity contribution in [1.82, 2.24) is 4.57 Å². The van der Waals surface area contributed by atoms with Crippen LogP contribution in [-0.4, -0.2) is 23.8 Å². The van der Waals surface area contributed by atoms with Crippen LogP contribution in [0.1, 0.15) is 11.3 Å². The van der Waals surface area contributed by atoms with E-state index in [9.17, 15) is 13.5 Å². The Balaban J connectivity index is 1.97. The molecule has 2 aromatic carbocycles. The van der Waals surface area contributed by atoms with E-state index in [0.29, 0.717) is 6.42 Å². The highest BCUT2D eigenvalue weighted by molar-refractivity contribution is 7.91. The van der Waals surface area contributed by atoms with E-state index in [1.807, 2.05) is 42.8 Å². The summed E-state index contributed by atoms with van der Waals surface area (Å²) < 4.78 is 27.4. The first-order valence-electron chi connectivity index (χ1n) is 7.66. The minimum absolute atomic E-state index is 0.0770. The van der Waals surface area contributed by atoms with Gasteiger partial charge in [-0.15, -0.1) is 0 Å². The van der Waals surface area contributed by atoms with Crippen LogP contribution in [0.2, 0.25) is 10.0 Å². The number of halogens is 2. The molecule has 0 fully saturated rings. The Morgan fingerprint density at radius 1 is 1.16 bits per heavy atom. The highest BCUT2D eigenvalue weighted by atomic mass is 35.5. The maximum absolute atomic E-state index is 12.7. The number of phenols is 1. The van der Waals surface area contributed by atoms with E-state index in [4.69, 9.17) is 23.2 Å². The first-order valence-corrected chi connectivity index (χ1v) is 10.1. The van der Waals surface area contributed by atoms with Gasteiger partial charge in [0.05, 0.1) is 10.8 Å². The van der Waals surface area contributed by atoms with Crippen molar-refractivity contribution in [3.8, 4) is 5.75 Å². The number of rotatable bonds is 4. The molecule has 1 heterocycles. The summed E-state index contributed by atoms with van der Waals surface area (Å²) in [5.41, 5.74) is 3.06. The van der Waals surface area contributed by atoms with Crippen LogP contribution in [0.25, 0.3) is 10.9 Å². The lowest BCUT2D eigenvalue weighted by molar-refractivity contribution is 0.459. The lowest BCUT2D eigenvalue weighted by Gasteiger charge is -2.10. The van der Waals surface area contributed by atoms with Gasteiger partial charge >= 0.3 is 0 Å². The molecule has 0 amide bonds. The third-order valence-corrected chi connectivity index (χ3v) is 6.67. The van der Waals surface area contributed by atoms with Gasteiger partial charge in [0, 0.05) is 35.1 Å². The zero-order valence-corrected chi connectivity index (χ0v) is 16.1. The van der Waals surface area contributed by atoms with E-state index in [1.54, 1.807) is 0 Å². The topological polar surface area (TPSA) is 59.3 Å². The molecule has 0 unspecified atom stereocenters. The summed E-state index contributed by atoms with van der Waals surface area (Å²) in [5, 5.41) is 11.2. The van der Waals surface area contributed by atoms with Crippen molar-refractivity contribution in [2.24, 2.45) is 7.05 Å². The monoisotopic (exact) mass is 397 g/mol. The molecule has 7 heteroatoms. The number of hydrogen-bond acceptors (Lipinski definition) is 3. The van der Waals surface area contributed by atoms with Crippen molar-refractivity contribution >= 4 is 43.9 Å². The lowest BCUT2D eigenvalue weighted by atomic mass is 10.1. The Morgan fingerprint density at radius 2 is 1.84 bits per heavy atom. The molecule has 0 saturated heterocycles. The van der Waals surface area contributed by atoms with E-state index in [1.165, 1.54) is 12.1 Å². The summed E-state index contributed by atoms with van der Waals surface area (Å²) in [6.45, 7) is 1.98. The summed E-state index contributed by atoms with van der Waals surface area (Å²) in [5.74, 6) is -0.609. The molecule has 1 aromatic heterocycles. The Kier molecular flexibility index (Phi) is 4.75. The minimum Gasteiger partial charge on any atom is -0.505 e. The number of benzene rings is 2. The Hall–Kier alpha value is -1.69. The van der Waals surface area contributed by atoms with Gasteiger partial charge in [0.25, 0.3) is 0 Å². The largest absolute Gasteiger partial charge is 0.505 e. The van der Waals surface area contributed by atoms with Crippen LogP contribution < -0.4 is 0 Å². The molecular formula is C18H17Cl2NO3S. The standard InChI is InChI=1S/C18H17Cl2NO3S/c1-11-13-5-3-4-6-16(13)21(2)15(11)7-8-25(23,24)17-10-12(19)9-14(20)18(17)22/h3-6,9-10,22H,7-8H2,1-2H3. The van der Waals surface area contributed by atoms with E-state index in [2.05, 4.69) is 0 Å². The number of sulfone groups is 1. The first kappa shape index (κ1) is 18.1. The Bertz CT molecular complexity index is 1030. The SMILES string of the molecule is Cc1c(CCS(=O)(=O)c2cc(Cl)cc(Cl)c2O)n(C)c2ccccc12. The number of para-hydroxylation sites is 1. The number of aromatic hydroxyl groups is 1. The zero-order valence-electron chi connectivity index (χ0n) is 13.8. The van der Waals surface area contributed by atoms with Crippen LogP contribution in [0.15, 0.2) is 41.3 Å². The predicted molar refractivity (Wildman–Crippen MR) is 102 cm³/mol. The van der Waals surface area contributed by atoms with Gasteiger partial charge in [0.15, 0.2) is 15.6 Å². The molecule has 3 rings (SSSR count). The van der Waals surface area contributed by atoms with E-state index in [0.717, 1.165) is 22.2 Å². The first-order chi connectivity index (χ1) is 11.7. The quantitative estimate of drug-likeness (QED) is 0.703. The van der Waals surface area contributed by atoms with Crippen molar-refractivity contribution < 1.29 is 13.5 Å². The maximum Gasteiger partial charge on any atom is 0.182 e. The molecule has 4 nitrogen and oxygen atoms in total. The van der Waals surface area contributed by atoms with Crippen LogP contribution in [0.5, 0.6) is 5.75 Å². The smallest absolute Gasteiger partial charge is 0.182 e. The van der Waals surface area contributed by atoms with Crippen molar-refractivity contribution in [2.75, 3.05) is 5.75 Å². The number of nitrogens with zero attached hydrogens (tertiary/aromatic N) is 1. The van der Waals surface area contributed by atoms with Gasteiger partial charge in [-0.2, -0.15) is 0 Å². The fourth-order valence-corrected chi connectivity index (χ4v) is 5.12. The third kappa shape index (κ3) is 3.24. The summed E-state index contributed by atoms with van der Waals surface area (Å²) >= 11 is 11.7. The minimum atomic E-state index is -3.74. The molecule has 0 atom stereocenters. The molecule has 1 N–H and O–H groups in total. The molecule has 25 heavy (non-hydrogen) atoms. The fraction of sp³-hybridized carbons (Fsp3) is 0.222. The highest BCUT2D eigenvalue weighted by Crippen LogP contribution is 2.35. The molecule has 0 radical (unpaired) electrons. The van der Waals surface area contributed by atoms with Crippen molar-refractivity contribution in [2.45, 2.75) is 18.2 Å². The Morgan fingerprint density at radius 3 is 2.52 bits per heavy atom. The molecule has 0 saturated carbocycles. The van der Waals surface area contributed by atoms with E-state index >= 15 is 0 Å². The molecule has 0 aliphatic carbocycles. The van der Waals surface area contributed by atoms with E-state index in [-0.39, 0.29) is 20.7 Å². The third-order valence-electron chi connectivity index (χ3n) is 4.44. The van der Waals surface area contributed by atoms with Crippen LogP contribution >= 0.6 is 23.2 Å². The molecule has 0 bridgehead atoms. The highest BCUT2D eigenvalue weighted by Gasteiger charge is 2.23. The summed E-state index contributed by atoms with van der Waals surface area (Å²) in [4.78, 5) is -0.235. The van der Waals surface area contributed by atoms with Gasteiger partial charge in [0.1, 0.15) is 4.90 Å². The fourth-order valence-electron chi connectivity index (χ4n) is 3.11. The van der Waals surface area contributed by atoms with Crippen molar-refractivity contribution in [3.63, 3.8) is 0 Å². The molecule has 132 valence electrons. The number of aryl methyl sites for hydroxylation is 2.